The third-order valence-electron chi connectivity index (χ3n) is 3.80. The largest absolute Gasteiger partial charge is 0.507 e. The molecule has 27 heavy (non-hydrogen) atoms. The van der Waals surface area contributed by atoms with Gasteiger partial charge in [-0.1, -0.05) is 40.2 Å². The highest BCUT2D eigenvalue weighted by Gasteiger charge is 2.15. The number of aromatic hydroxyl groups is 1. The van der Waals surface area contributed by atoms with Gasteiger partial charge in [-0.05, 0) is 36.6 Å². The first-order valence-corrected chi connectivity index (χ1v) is 9.18. The number of hydrogen-bond donors (Lipinski definition) is 2. The van der Waals surface area contributed by atoms with Gasteiger partial charge in [-0.25, -0.2) is 4.79 Å². The molecule has 0 aliphatic heterocycles. The second-order valence-electron chi connectivity index (χ2n) is 5.94. The van der Waals surface area contributed by atoms with Gasteiger partial charge < -0.3 is 15.2 Å². The van der Waals surface area contributed by atoms with Crippen LogP contribution in [0.4, 0.5) is 0 Å². The first-order valence-electron chi connectivity index (χ1n) is 8.39. The van der Waals surface area contributed by atoms with Gasteiger partial charge in [0, 0.05) is 23.5 Å². The Kier molecular flexibility index (Phi) is 7.55. The van der Waals surface area contributed by atoms with Crippen molar-refractivity contribution >= 4 is 33.6 Å². The van der Waals surface area contributed by atoms with Crippen molar-refractivity contribution in [2.24, 2.45) is 0 Å². The van der Waals surface area contributed by atoms with Gasteiger partial charge >= 0.3 is 5.97 Å². The Hall–Kier alpha value is -2.67. The molecular formula is C20H20BrNO5. The summed E-state index contributed by atoms with van der Waals surface area (Å²) in [4.78, 5) is 35.0. The number of amides is 1. The zero-order chi connectivity index (χ0) is 19.8. The van der Waals surface area contributed by atoms with E-state index in [9.17, 15) is 19.5 Å². The molecule has 0 aromatic heterocycles. The smallest absolute Gasteiger partial charge is 0.342 e. The quantitative estimate of drug-likeness (QED) is 0.378. The molecule has 0 heterocycles. The van der Waals surface area contributed by atoms with Crippen molar-refractivity contribution in [3.8, 4) is 5.75 Å². The van der Waals surface area contributed by atoms with E-state index in [1.165, 1.54) is 19.1 Å². The average molecular weight is 434 g/mol. The van der Waals surface area contributed by atoms with Crippen LogP contribution in [0.1, 0.15) is 39.6 Å². The number of hydrogen-bond acceptors (Lipinski definition) is 5. The molecule has 0 saturated carbocycles. The predicted octanol–water partition coefficient (Wildman–Crippen LogP) is 3.26. The number of benzene rings is 2. The Balaban J connectivity index is 1.86. The normalized spacial score (nSPS) is 10.3. The van der Waals surface area contributed by atoms with Crippen molar-refractivity contribution in [1.82, 2.24) is 5.32 Å². The minimum atomic E-state index is -0.767. The van der Waals surface area contributed by atoms with E-state index in [0.717, 1.165) is 18.4 Å². The highest BCUT2D eigenvalue weighted by Crippen LogP contribution is 2.22. The fourth-order valence-corrected chi connectivity index (χ4v) is 2.74. The number of esters is 1. The lowest BCUT2D eigenvalue weighted by Gasteiger charge is -2.07. The zero-order valence-corrected chi connectivity index (χ0v) is 16.4. The molecular weight excluding hydrogens is 414 g/mol. The number of Topliss-reactive ketones (excluding diaryl/α,β-unsaturated/α-hetero) is 1. The maximum Gasteiger partial charge on any atom is 0.342 e. The predicted molar refractivity (Wildman–Crippen MR) is 104 cm³/mol. The topological polar surface area (TPSA) is 92.7 Å². The number of phenolic OH excluding ortho intramolecular Hbond substituents is 1. The lowest BCUT2D eigenvalue weighted by molar-refractivity contribution is -0.118. The third kappa shape index (κ3) is 6.53. The first-order chi connectivity index (χ1) is 12.9. The van der Waals surface area contributed by atoms with Crippen LogP contribution in [-0.4, -0.2) is 35.9 Å². The summed E-state index contributed by atoms with van der Waals surface area (Å²) >= 11 is 3.21. The molecule has 0 fully saturated rings. The van der Waals surface area contributed by atoms with E-state index in [4.69, 9.17) is 4.74 Å². The summed E-state index contributed by atoms with van der Waals surface area (Å²) in [6.45, 7) is 1.67. The number of aryl methyl sites for hydroxylation is 1. The standard InChI is InChI=1S/C20H20BrNO5/c1-13(23)22-10-2-3-14-4-6-15(7-5-14)19(25)12-27-20(26)17-11-16(21)8-9-18(17)24/h4-9,11,24H,2-3,10,12H2,1H3,(H,22,23). The van der Waals surface area contributed by atoms with Crippen LogP contribution in [0, 0.1) is 0 Å². The number of rotatable bonds is 8. The van der Waals surface area contributed by atoms with Crippen LogP contribution < -0.4 is 5.32 Å². The van der Waals surface area contributed by atoms with Gasteiger partial charge in [0.2, 0.25) is 5.91 Å². The maximum atomic E-state index is 12.2. The molecule has 7 heteroatoms. The molecule has 0 unspecified atom stereocenters. The number of carbonyl (C=O) groups excluding carboxylic acids is 3. The van der Waals surface area contributed by atoms with E-state index in [2.05, 4.69) is 21.2 Å². The summed E-state index contributed by atoms with van der Waals surface area (Å²) in [5, 5.41) is 12.4. The minimum absolute atomic E-state index is 0.00769. The van der Waals surface area contributed by atoms with Gasteiger partial charge in [-0.3, -0.25) is 9.59 Å². The van der Waals surface area contributed by atoms with Crippen molar-refractivity contribution in [3.05, 3.63) is 63.6 Å². The highest BCUT2D eigenvalue weighted by molar-refractivity contribution is 9.10. The van der Waals surface area contributed by atoms with Crippen LogP contribution in [0.2, 0.25) is 0 Å². The Labute approximate surface area is 165 Å². The van der Waals surface area contributed by atoms with Gasteiger partial charge in [0.1, 0.15) is 11.3 Å². The van der Waals surface area contributed by atoms with Gasteiger partial charge in [0.05, 0.1) is 0 Å². The number of nitrogens with one attached hydrogen (secondary N) is 1. The van der Waals surface area contributed by atoms with Gasteiger partial charge in [-0.2, -0.15) is 0 Å². The molecule has 2 rings (SSSR count). The second kappa shape index (κ2) is 9.87. The maximum absolute atomic E-state index is 12.2. The summed E-state index contributed by atoms with van der Waals surface area (Å²) in [5.41, 5.74) is 1.48. The molecule has 2 aromatic rings. The van der Waals surface area contributed by atoms with Crippen LogP contribution >= 0.6 is 15.9 Å². The molecule has 0 spiro atoms. The van der Waals surface area contributed by atoms with Crippen molar-refractivity contribution in [2.45, 2.75) is 19.8 Å². The van der Waals surface area contributed by atoms with Crippen LogP contribution in [0.3, 0.4) is 0 Å². The Morgan fingerprint density at radius 3 is 2.48 bits per heavy atom. The Bertz CT molecular complexity index is 833. The average Bonchev–Trinajstić information content (AvgIpc) is 2.65. The second-order valence-corrected chi connectivity index (χ2v) is 6.86. The number of halogens is 1. The van der Waals surface area contributed by atoms with Gasteiger partial charge in [0.15, 0.2) is 12.4 Å². The lowest BCUT2D eigenvalue weighted by Crippen LogP contribution is -2.21. The highest BCUT2D eigenvalue weighted by atomic mass is 79.9. The van der Waals surface area contributed by atoms with Crippen LogP contribution in [0.15, 0.2) is 46.9 Å². The summed E-state index contributed by atoms with van der Waals surface area (Å²) in [6.07, 6.45) is 1.59. The van der Waals surface area contributed by atoms with E-state index in [1.54, 1.807) is 18.2 Å². The monoisotopic (exact) mass is 433 g/mol. The summed E-state index contributed by atoms with van der Waals surface area (Å²) in [6, 6.07) is 11.4. The van der Waals surface area contributed by atoms with Crippen molar-refractivity contribution < 1.29 is 24.2 Å². The molecule has 142 valence electrons. The Morgan fingerprint density at radius 2 is 1.81 bits per heavy atom. The van der Waals surface area contributed by atoms with Gasteiger partial charge in [0.25, 0.3) is 0 Å². The SMILES string of the molecule is CC(=O)NCCCc1ccc(C(=O)COC(=O)c2cc(Br)ccc2O)cc1. The van der Waals surface area contributed by atoms with E-state index in [0.29, 0.717) is 16.6 Å². The molecule has 0 bridgehead atoms. The number of ketones is 1. The van der Waals surface area contributed by atoms with Crippen molar-refractivity contribution in [1.29, 1.82) is 0 Å². The molecule has 0 radical (unpaired) electrons. The molecule has 2 aromatic carbocycles. The number of ether oxygens (including phenoxy) is 1. The number of carbonyl (C=O) groups is 3. The first kappa shape index (κ1) is 20.6. The van der Waals surface area contributed by atoms with Crippen LogP contribution in [-0.2, 0) is 16.0 Å². The zero-order valence-electron chi connectivity index (χ0n) is 14.8. The summed E-state index contributed by atoms with van der Waals surface area (Å²) in [7, 11) is 0. The summed E-state index contributed by atoms with van der Waals surface area (Å²) in [5.74, 6) is -1.36. The lowest BCUT2D eigenvalue weighted by atomic mass is 10.1. The van der Waals surface area contributed by atoms with Crippen molar-refractivity contribution in [2.75, 3.05) is 13.2 Å². The molecule has 0 atom stereocenters. The molecule has 1 amide bonds. The third-order valence-corrected chi connectivity index (χ3v) is 4.30. The molecule has 2 N–H and O–H groups in total. The molecule has 0 aliphatic rings. The fraction of sp³-hybridized carbons (Fsp3) is 0.250. The summed E-state index contributed by atoms with van der Waals surface area (Å²) < 4.78 is 5.62. The van der Waals surface area contributed by atoms with E-state index >= 15 is 0 Å². The number of phenols is 1. The van der Waals surface area contributed by atoms with Crippen LogP contribution in [0.25, 0.3) is 0 Å². The minimum Gasteiger partial charge on any atom is -0.507 e. The molecule has 0 saturated heterocycles. The molecule has 0 aliphatic carbocycles. The van der Waals surface area contributed by atoms with E-state index in [-0.39, 0.29) is 23.0 Å². The van der Waals surface area contributed by atoms with Gasteiger partial charge in [-0.15, -0.1) is 0 Å². The Morgan fingerprint density at radius 1 is 1.11 bits per heavy atom. The molecule has 6 nitrogen and oxygen atoms in total. The van der Waals surface area contributed by atoms with Crippen LogP contribution in [0.5, 0.6) is 5.75 Å². The van der Waals surface area contributed by atoms with Crippen molar-refractivity contribution in [3.63, 3.8) is 0 Å². The fourth-order valence-electron chi connectivity index (χ4n) is 2.38. The van der Waals surface area contributed by atoms with E-state index < -0.39 is 12.6 Å². The van der Waals surface area contributed by atoms with E-state index in [1.807, 2.05) is 12.1 Å².